The third-order valence-corrected chi connectivity index (χ3v) is 9.41. The van der Waals surface area contributed by atoms with E-state index in [0.29, 0.717) is 32.6 Å². The number of fused-ring (bicyclic) bond motifs is 2. The number of nitrogens with one attached hydrogen (secondary N) is 1. The van der Waals surface area contributed by atoms with Gasteiger partial charge in [0, 0.05) is 58.0 Å². The summed E-state index contributed by atoms with van der Waals surface area (Å²) in [6.45, 7) is 3.07. The third-order valence-electron chi connectivity index (χ3n) is 8.05. The smallest absolute Gasteiger partial charge is 0.345 e. The number of thiophene rings is 1. The van der Waals surface area contributed by atoms with Crippen molar-refractivity contribution in [2.45, 2.75) is 45.6 Å². The highest BCUT2D eigenvalue weighted by Crippen LogP contribution is 2.41. The summed E-state index contributed by atoms with van der Waals surface area (Å²) in [4.78, 5) is 30.7. The number of nitrogens with zero attached hydrogens (tertiary/aromatic N) is 5. The Hall–Kier alpha value is -3.92. The number of pyridine rings is 1. The molecule has 5 heterocycles. The van der Waals surface area contributed by atoms with Gasteiger partial charge in [0.05, 0.1) is 33.8 Å². The van der Waals surface area contributed by atoms with E-state index in [0.717, 1.165) is 57.2 Å². The second-order valence-electron chi connectivity index (χ2n) is 10.7. The number of aromatic nitrogens is 4. The van der Waals surface area contributed by atoms with Crippen LogP contribution in [0.2, 0.25) is 5.02 Å². The molecular weight excluding hydrogens is 601 g/mol. The minimum Gasteiger partial charge on any atom is -0.345 e. The Labute approximate surface area is 252 Å². The van der Waals surface area contributed by atoms with E-state index < -0.39 is 28.5 Å². The van der Waals surface area contributed by atoms with Gasteiger partial charge in [0.2, 0.25) is 0 Å². The van der Waals surface area contributed by atoms with Crippen LogP contribution in [0.4, 0.5) is 13.2 Å². The van der Waals surface area contributed by atoms with Gasteiger partial charge in [-0.25, -0.2) is 4.79 Å². The third kappa shape index (κ3) is 5.26. The Balaban J connectivity index is 1.46. The van der Waals surface area contributed by atoms with Gasteiger partial charge in [0.1, 0.15) is 5.69 Å². The quantitative estimate of drug-likeness (QED) is 0.254. The average molecular weight is 627 g/mol. The highest BCUT2D eigenvalue weighted by molar-refractivity contribution is 7.19. The summed E-state index contributed by atoms with van der Waals surface area (Å²) in [6.07, 6.45) is 0.280. The Kier molecular flexibility index (Phi) is 7.44. The Morgan fingerprint density at radius 1 is 1.12 bits per heavy atom. The second-order valence-corrected chi connectivity index (χ2v) is 12.3. The molecule has 1 N–H and O–H groups in total. The fourth-order valence-corrected chi connectivity index (χ4v) is 7.28. The lowest BCUT2D eigenvalue weighted by Gasteiger charge is -2.32. The zero-order chi connectivity index (χ0) is 30.5. The van der Waals surface area contributed by atoms with Crippen LogP contribution in [0.25, 0.3) is 32.2 Å². The number of hydrogen-bond acceptors (Lipinski definition) is 6. The average Bonchev–Trinajstić information content (AvgIpc) is 3.58. The van der Waals surface area contributed by atoms with Crippen molar-refractivity contribution in [2.75, 3.05) is 13.1 Å². The molecule has 43 heavy (non-hydrogen) atoms. The van der Waals surface area contributed by atoms with Crippen molar-refractivity contribution in [1.82, 2.24) is 24.0 Å². The van der Waals surface area contributed by atoms with E-state index in [9.17, 15) is 28.0 Å². The highest BCUT2D eigenvalue weighted by Gasteiger charge is 2.36. The van der Waals surface area contributed by atoms with Gasteiger partial charge in [0.25, 0.3) is 5.56 Å². The van der Waals surface area contributed by atoms with Crippen LogP contribution >= 0.6 is 22.9 Å². The van der Waals surface area contributed by atoms with Crippen molar-refractivity contribution in [1.29, 1.82) is 5.26 Å². The summed E-state index contributed by atoms with van der Waals surface area (Å²) in [5.74, 6) is 0. The zero-order valence-electron chi connectivity index (χ0n) is 23.0. The molecule has 6 rings (SSSR count). The van der Waals surface area contributed by atoms with Gasteiger partial charge >= 0.3 is 11.9 Å². The Morgan fingerprint density at radius 3 is 2.58 bits per heavy atom. The van der Waals surface area contributed by atoms with E-state index in [-0.39, 0.29) is 13.1 Å². The summed E-state index contributed by atoms with van der Waals surface area (Å²) in [7, 11) is 0. The molecule has 4 aromatic heterocycles. The molecule has 0 bridgehead atoms. The number of hydrogen-bond donors (Lipinski definition) is 1. The highest BCUT2D eigenvalue weighted by atomic mass is 35.5. The molecular formula is C30H26ClF3N6O2S. The standard InChI is InChI=1S/C30H26ClF3N6O2S/c1-2-39-24(30(32,33)34)14-25(41)40(28(39)42)15-20-13-23-27(43-20)21(3-7-37-23)22-12-19(31)11-18-4-10-38(26(18)22)17-29(16-35)5-8-36-9-6-29/h3-4,7,10-14,36H,2,5-6,8-9,15,17H2,1H3. The second kappa shape index (κ2) is 11.0. The number of halogens is 4. The van der Waals surface area contributed by atoms with E-state index in [4.69, 9.17) is 11.6 Å². The lowest BCUT2D eigenvalue weighted by molar-refractivity contribution is -0.144. The molecule has 13 heteroatoms. The first-order chi connectivity index (χ1) is 20.5. The van der Waals surface area contributed by atoms with Crippen LogP contribution < -0.4 is 16.6 Å². The van der Waals surface area contributed by atoms with Gasteiger partial charge < -0.3 is 9.88 Å². The summed E-state index contributed by atoms with van der Waals surface area (Å²) in [5, 5.41) is 14.9. The molecule has 8 nitrogen and oxygen atoms in total. The van der Waals surface area contributed by atoms with E-state index in [1.165, 1.54) is 18.3 Å². The van der Waals surface area contributed by atoms with Crippen LogP contribution in [0.1, 0.15) is 30.3 Å². The van der Waals surface area contributed by atoms with Gasteiger partial charge in [-0.3, -0.25) is 18.9 Å². The molecule has 1 saturated heterocycles. The van der Waals surface area contributed by atoms with Crippen LogP contribution in [0.3, 0.4) is 0 Å². The first-order valence-corrected chi connectivity index (χ1v) is 14.9. The Morgan fingerprint density at radius 2 is 1.88 bits per heavy atom. The van der Waals surface area contributed by atoms with Crippen LogP contribution in [-0.2, 0) is 25.8 Å². The van der Waals surface area contributed by atoms with Crippen LogP contribution in [0.5, 0.6) is 0 Å². The number of rotatable bonds is 6. The van der Waals surface area contributed by atoms with Gasteiger partial charge in [0.15, 0.2) is 0 Å². The van der Waals surface area contributed by atoms with Crippen molar-refractivity contribution in [3.8, 4) is 17.2 Å². The fourth-order valence-electron chi connectivity index (χ4n) is 5.92. The molecule has 1 aliphatic heterocycles. The first-order valence-electron chi connectivity index (χ1n) is 13.7. The number of benzene rings is 1. The van der Waals surface area contributed by atoms with Crippen molar-refractivity contribution >= 4 is 44.1 Å². The molecule has 0 unspecified atom stereocenters. The molecule has 1 aromatic carbocycles. The maximum atomic E-state index is 13.5. The van der Waals surface area contributed by atoms with E-state index in [2.05, 4.69) is 20.9 Å². The van der Waals surface area contributed by atoms with Gasteiger partial charge in [-0.2, -0.15) is 18.4 Å². The first kappa shape index (κ1) is 29.2. The van der Waals surface area contributed by atoms with Crippen molar-refractivity contribution in [2.24, 2.45) is 5.41 Å². The lowest BCUT2D eigenvalue weighted by Crippen LogP contribution is -2.42. The van der Waals surface area contributed by atoms with E-state index in [1.54, 1.807) is 12.3 Å². The maximum absolute atomic E-state index is 13.5. The van der Waals surface area contributed by atoms with Crippen LogP contribution in [0, 0.1) is 16.7 Å². The Bertz CT molecular complexity index is 2030. The van der Waals surface area contributed by atoms with Crippen LogP contribution in [-0.4, -0.2) is 31.8 Å². The molecule has 1 fully saturated rings. The summed E-state index contributed by atoms with van der Waals surface area (Å²) >= 11 is 7.88. The monoisotopic (exact) mass is 626 g/mol. The zero-order valence-corrected chi connectivity index (χ0v) is 24.6. The molecule has 1 aliphatic rings. The minimum atomic E-state index is -4.83. The molecule has 0 amide bonds. The summed E-state index contributed by atoms with van der Waals surface area (Å²) < 4.78 is 44.7. The maximum Gasteiger partial charge on any atom is 0.431 e. The van der Waals surface area contributed by atoms with Crippen molar-refractivity contribution in [3.05, 3.63) is 85.2 Å². The summed E-state index contributed by atoms with van der Waals surface area (Å²) in [6, 6.07) is 12.4. The SMILES string of the molecule is CCn1c(C(F)(F)F)cc(=O)n(Cc2cc3nccc(-c4cc(Cl)cc5ccn(CC6(C#N)CCNCC6)c45)c3s2)c1=O. The lowest BCUT2D eigenvalue weighted by atomic mass is 9.80. The van der Waals surface area contributed by atoms with E-state index >= 15 is 0 Å². The molecule has 0 radical (unpaired) electrons. The van der Waals surface area contributed by atoms with Gasteiger partial charge in [-0.1, -0.05) is 11.6 Å². The van der Waals surface area contributed by atoms with Crippen molar-refractivity contribution < 1.29 is 13.2 Å². The molecule has 0 atom stereocenters. The normalized spacial score (nSPS) is 15.3. The molecule has 0 spiro atoms. The topological polar surface area (TPSA) is 97.6 Å². The van der Waals surface area contributed by atoms with Crippen LogP contribution in [0.15, 0.2) is 58.4 Å². The molecule has 222 valence electrons. The minimum absolute atomic E-state index is 0.198. The van der Waals surface area contributed by atoms with Crippen molar-refractivity contribution in [3.63, 3.8) is 0 Å². The predicted molar refractivity (Wildman–Crippen MR) is 160 cm³/mol. The largest absolute Gasteiger partial charge is 0.431 e. The predicted octanol–water partition coefficient (Wildman–Crippen LogP) is 5.88. The number of alkyl halides is 3. The number of nitriles is 1. The molecule has 0 aliphatic carbocycles. The molecule has 5 aromatic rings. The van der Waals surface area contributed by atoms with E-state index in [1.807, 2.05) is 30.5 Å². The fraction of sp³-hybridized carbons (Fsp3) is 0.333. The summed E-state index contributed by atoms with van der Waals surface area (Å²) in [5.41, 5.74) is -0.601. The number of piperidine rings is 1. The van der Waals surface area contributed by atoms with Gasteiger partial charge in [-0.15, -0.1) is 11.3 Å². The molecule has 0 saturated carbocycles. The van der Waals surface area contributed by atoms with Gasteiger partial charge in [-0.05, 0) is 63.2 Å².